The predicted octanol–water partition coefficient (Wildman–Crippen LogP) is 5.25. The average molecular weight is 381 g/mol. The standard InChI is InChI=1S/C22H24N2O2S/c1-22(2,3)21-19(12-16-9-10-17-18(11-16)26-14-25-17)27(23)20(24-21)13-15-7-5-4-6-8-15/h4-11,23H,12-14H2,1-3H3. The van der Waals surface area contributed by atoms with Gasteiger partial charge in [0.1, 0.15) is 0 Å². The van der Waals surface area contributed by atoms with Crippen LogP contribution in [0.1, 0.15) is 31.9 Å². The molecule has 4 rings (SSSR count). The first-order chi connectivity index (χ1) is 12.9. The van der Waals surface area contributed by atoms with Crippen LogP contribution in [0.15, 0.2) is 64.1 Å². The number of hydrogen-bond acceptors (Lipinski definition) is 4. The summed E-state index contributed by atoms with van der Waals surface area (Å²) >= 11 is 0. The Balaban J connectivity index is 1.63. The van der Waals surface area contributed by atoms with Crippen molar-refractivity contribution in [2.24, 2.45) is 10.4 Å². The maximum atomic E-state index is 8.89. The fourth-order valence-electron chi connectivity index (χ4n) is 3.33. The molecule has 0 amide bonds. The molecule has 140 valence electrons. The van der Waals surface area contributed by atoms with Crippen molar-refractivity contribution < 1.29 is 9.47 Å². The summed E-state index contributed by atoms with van der Waals surface area (Å²) in [4.78, 5) is 6.07. The molecule has 4 nitrogen and oxygen atoms in total. The van der Waals surface area contributed by atoms with Crippen molar-refractivity contribution in [1.29, 1.82) is 4.78 Å². The van der Waals surface area contributed by atoms with E-state index in [9.17, 15) is 0 Å². The second kappa shape index (κ2) is 6.97. The molecule has 2 aromatic rings. The summed E-state index contributed by atoms with van der Waals surface area (Å²) in [5.41, 5.74) is 3.32. The van der Waals surface area contributed by atoms with Crippen molar-refractivity contribution in [2.45, 2.75) is 33.6 Å². The van der Waals surface area contributed by atoms with E-state index in [4.69, 9.17) is 19.2 Å². The molecular formula is C22H24N2O2S. The van der Waals surface area contributed by atoms with Crippen LogP contribution in [0, 0.1) is 10.2 Å². The molecule has 0 saturated carbocycles. The molecule has 2 aliphatic rings. The number of ether oxygens (including phenoxy) is 2. The Kier molecular flexibility index (Phi) is 4.64. The Bertz CT molecular complexity index is 956. The summed E-state index contributed by atoms with van der Waals surface area (Å²) in [6, 6.07) is 16.4. The van der Waals surface area contributed by atoms with Gasteiger partial charge in [-0.15, -0.1) is 0 Å². The highest BCUT2D eigenvalue weighted by molar-refractivity contribution is 8.05. The maximum Gasteiger partial charge on any atom is 0.231 e. The molecule has 0 aromatic heterocycles. The summed E-state index contributed by atoms with van der Waals surface area (Å²) in [7, 11) is -0.717. The van der Waals surface area contributed by atoms with E-state index in [2.05, 4.69) is 39.0 Å². The van der Waals surface area contributed by atoms with Gasteiger partial charge in [0, 0.05) is 23.2 Å². The van der Waals surface area contributed by atoms with E-state index in [1.807, 2.05) is 30.3 Å². The van der Waals surface area contributed by atoms with Gasteiger partial charge in [-0.05, 0) is 34.0 Å². The number of aliphatic imine (C=N–C) groups is 1. The molecule has 0 aliphatic carbocycles. The van der Waals surface area contributed by atoms with E-state index in [0.29, 0.717) is 0 Å². The Morgan fingerprint density at radius 2 is 1.70 bits per heavy atom. The molecule has 0 bridgehead atoms. The number of benzene rings is 2. The molecular weight excluding hydrogens is 356 g/mol. The molecule has 1 unspecified atom stereocenters. The lowest BCUT2D eigenvalue weighted by Gasteiger charge is -2.20. The molecule has 2 aromatic carbocycles. The van der Waals surface area contributed by atoms with E-state index in [0.717, 1.165) is 45.6 Å². The van der Waals surface area contributed by atoms with Gasteiger partial charge in [-0.3, -0.25) is 4.78 Å². The minimum atomic E-state index is -0.717. The summed E-state index contributed by atoms with van der Waals surface area (Å²) in [6.07, 6.45) is 1.45. The number of hydrogen-bond donors (Lipinski definition) is 1. The van der Waals surface area contributed by atoms with Crippen LogP contribution in [-0.4, -0.2) is 11.8 Å². The van der Waals surface area contributed by atoms with E-state index < -0.39 is 10.7 Å². The summed E-state index contributed by atoms with van der Waals surface area (Å²) in [6.45, 7) is 6.80. The highest BCUT2D eigenvalue weighted by Crippen LogP contribution is 2.39. The first-order valence-electron chi connectivity index (χ1n) is 9.11. The Morgan fingerprint density at radius 1 is 0.963 bits per heavy atom. The fraction of sp³-hybridized carbons (Fsp3) is 0.318. The zero-order chi connectivity index (χ0) is 19.0. The Morgan fingerprint density at radius 3 is 2.44 bits per heavy atom. The van der Waals surface area contributed by atoms with Gasteiger partial charge in [0.25, 0.3) is 0 Å². The van der Waals surface area contributed by atoms with E-state index >= 15 is 0 Å². The van der Waals surface area contributed by atoms with Crippen molar-refractivity contribution >= 4 is 15.7 Å². The smallest absolute Gasteiger partial charge is 0.231 e. The van der Waals surface area contributed by atoms with Crippen molar-refractivity contribution in [3.63, 3.8) is 0 Å². The molecule has 1 atom stereocenters. The van der Waals surface area contributed by atoms with E-state index in [1.54, 1.807) is 0 Å². The van der Waals surface area contributed by atoms with Crippen molar-refractivity contribution in [1.82, 2.24) is 0 Å². The first-order valence-corrected chi connectivity index (χ1v) is 10.3. The number of fused-ring (bicyclic) bond motifs is 1. The minimum absolute atomic E-state index is 0.0869. The van der Waals surface area contributed by atoms with Gasteiger partial charge in [-0.1, -0.05) is 57.2 Å². The van der Waals surface area contributed by atoms with Crippen molar-refractivity contribution in [3.05, 3.63) is 70.3 Å². The van der Waals surface area contributed by atoms with Gasteiger partial charge in [-0.2, -0.15) is 0 Å². The second-order valence-corrected chi connectivity index (χ2v) is 9.44. The lowest BCUT2D eigenvalue weighted by atomic mass is 9.91. The zero-order valence-electron chi connectivity index (χ0n) is 15.9. The topological polar surface area (TPSA) is 54.7 Å². The molecule has 5 heteroatoms. The van der Waals surface area contributed by atoms with Crippen LogP contribution < -0.4 is 9.47 Å². The third-order valence-corrected chi connectivity index (χ3v) is 6.23. The summed E-state index contributed by atoms with van der Waals surface area (Å²) in [5, 5.41) is 0.960. The second-order valence-electron chi connectivity index (χ2n) is 7.86. The molecule has 1 N–H and O–H groups in total. The van der Waals surface area contributed by atoms with Crippen LogP contribution in [0.3, 0.4) is 0 Å². The third-order valence-electron chi connectivity index (χ3n) is 4.69. The largest absolute Gasteiger partial charge is 0.454 e. The number of nitrogens with one attached hydrogen (secondary N) is 1. The van der Waals surface area contributed by atoms with E-state index in [-0.39, 0.29) is 12.2 Å². The summed E-state index contributed by atoms with van der Waals surface area (Å²) < 4.78 is 19.8. The molecule has 0 fully saturated rings. The molecule has 2 aliphatic heterocycles. The van der Waals surface area contributed by atoms with Crippen LogP contribution in [0.25, 0.3) is 0 Å². The van der Waals surface area contributed by atoms with Crippen LogP contribution in [0.2, 0.25) is 0 Å². The van der Waals surface area contributed by atoms with Gasteiger partial charge in [0.2, 0.25) is 6.79 Å². The molecule has 0 spiro atoms. The van der Waals surface area contributed by atoms with Gasteiger partial charge < -0.3 is 9.47 Å². The quantitative estimate of drug-likeness (QED) is 0.787. The summed E-state index contributed by atoms with van der Waals surface area (Å²) in [5.74, 6) is 1.58. The molecule has 0 radical (unpaired) electrons. The number of rotatable bonds is 4. The Hall–Kier alpha value is -2.40. The number of allylic oxidation sites excluding steroid dienone is 2. The van der Waals surface area contributed by atoms with Gasteiger partial charge >= 0.3 is 0 Å². The normalized spacial score (nSPS) is 18.8. The SMILES string of the molecule is CC(C)(C)C1=C(Cc2ccc3c(c2)OCO3)S(=N)C(Cc2ccccc2)=N1. The fourth-order valence-corrected chi connectivity index (χ4v) is 4.97. The predicted molar refractivity (Wildman–Crippen MR) is 110 cm³/mol. The molecule has 27 heavy (non-hydrogen) atoms. The minimum Gasteiger partial charge on any atom is -0.454 e. The zero-order valence-corrected chi connectivity index (χ0v) is 16.7. The van der Waals surface area contributed by atoms with Crippen molar-refractivity contribution in [2.75, 3.05) is 6.79 Å². The third kappa shape index (κ3) is 3.69. The average Bonchev–Trinajstić information content (AvgIpc) is 3.22. The maximum absolute atomic E-state index is 8.89. The van der Waals surface area contributed by atoms with Crippen LogP contribution in [0.5, 0.6) is 11.5 Å². The van der Waals surface area contributed by atoms with Gasteiger partial charge in [0.05, 0.1) is 10.7 Å². The van der Waals surface area contributed by atoms with Crippen LogP contribution in [0.4, 0.5) is 0 Å². The molecule has 0 saturated heterocycles. The monoisotopic (exact) mass is 380 g/mol. The lowest BCUT2D eigenvalue weighted by molar-refractivity contribution is 0.174. The Labute approximate surface area is 162 Å². The molecule has 2 heterocycles. The highest BCUT2D eigenvalue weighted by atomic mass is 32.2. The first kappa shape index (κ1) is 18.0. The van der Waals surface area contributed by atoms with Crippen molar-refractivity contribution in [3.8, 4) is 11.5 Å². The van der Waals surface area contributed by atoms with Crippen LogP contribution >= 0.6 is 0 Å². The number of nitrogens with zero attached hydrogens (tertiary/aromatic N) is 1. The van der Waals surface area contributed by atoms with Gasteiger partial charge in [0.15, 0.2) is 11.5 Å². The highest BCUT2D eigenvalue weighted by Gasteiger charge is 2.30. The van der Waals surface area contributed by atoms with E-state index in [1.165, 1.54) is 5.56 Å². The van der Waals surface area contributed by atoms with Gasteiger partial charge in [-0.25, -0.2) is 4.99 Å². The van der Waals surface area contributed by atoms with Crippen LogP contribution in [-0.2, 0) is 23.5 Å². The lowest BCUT2D eigenvalue weighted by Crippen LogP contribution is -2.11.